The van der Waals surface area contributed by atoms with E-state index in [1.54, 1.807) is 55.5 Å². The number of imide groups is 1. The van der Waals surface area contributed by atoms with Gasteiger partial charge in [0, 0.05) is 33.8 Å². The Bertz CT molecular complexity index is 1900. The number of allylic oxidation sites excluding steroid dienone is 6. The minimum Gasteiger partial charge on any atom is -0.505 e. The number of amides is 2. The van der Waals surface area contributed by atoms with Crippen LogP contribution in [0.3, 0.4) is 0 Å². The molecule has 0 bridgehead atoms. The number of Topliss-reactive ketones (excluding diaryl/α,β-unsaturated/α-hetero) is 1. The Kier molecular flexibility index (Phi) is 6.39. The van der Waals surface area contributed by atoms with Crippen LogP contribution in [0.15, 0.2) is 107 Å². The number of hydrogen-bond donors (Lipinski definition) is 1. The van der Waals surface area contributed by atoms with Crippen LogP contribution in [-0.2, 0) is 19.2 Å². The first-order chi connectivity index (χ1) is 21.2. The van der Waals surface area contributed by atoms with Gasteiger partial charge < -0.3 is 5.11 Å². The summed E-state index contributed by atoms with van der Waals surface area (Å²) in [4.78, 5) is 68.6. The van der Waals surface area contributed by atoms with E-state index in [1.807, 2.05) is 12.1 Å². The van der Waals surface area contributed by atoms with Crippen LogP contribution in [0.25, 0.3) is 0 Å². The van der Waals surface area contributed by atoms with Crippen molar-refractivity contribution < 1.29 is 33.5 Å². The van der Waals surface area contributed by atoms with Gasteiger partial charge in [0.25, 0.3) is 0 Å². The third kappa shape index (κ3) is 4.12. The van der Waals surface area contributed by atoms with Gasteiger partial charge in [0.1, 0.15) is 0 Å². The predicted molar refractivity (Wildman–Crippen MR) is 158 cm³/mol. The van der Waals surface area contributed by atoms with Gasteiger partial charge in [-0.05, 0) is 73.7 Å². The molecule has 0 spiro atoms. The van der Waals surface area contributed by atoms with Crippen molar-refractivity contribution in [3.8, 4) is 5.75 Å². The lowest BCUT2D eigenvalue weighted by Gasteiger charge is -2.42. The number of nitrogens with zero attached hydrogens (tertiary/aromatic N) is 1. The summed E-state index contributed by atoms with van der Waals surface area (Å²) in [6.07, 6.45) is 3.48. The van der Waals surface area contributed by atoms with Crippen molar-refractivity contribution in [2.75, 3.05) is 4.90 Å². The van der Waals surface area contributed by atoms with Gasteiger partial charge in [-0.1, -0.05) is 48.0 Å². The first-order valence-corrected chi connectivity index (χ1v) is 14.4. The van der Waals surface area contributed by atoms with Crippen LogP contribution in [0, 0.1) is 23.6 Å². The number of benzene rings is 3. The van der Waals surface area contributed by atoms with Crippen molar-refractivity contribution in [1.29, 1.82) is 0 Å². The van der Waals surface area contributed by atoms with Gasteiger partial charge in [-0.3, -0.25) is 28.9 Å². The van der Waals surface area contributed by atoms with Crippen LogP contribution in [0.5, 0.6) is 5.75 Å². The van der Waals surface area contributed by atoms with Gasteiger partial charge in [-0.25, -0.2) is 4.39 Å². The Balaban J connectivity index is 1.26. The van der Waals surface area contributed by atoms with Gasteiger partial charge in [0.05, 0.1) is 17.5 Å². The second-order valence-electron chi connectivity index (χ2n) is 11.7. The van der Waals surface area contributed by atoms with Gasteiger partial charge in [-0.15, -0.1) is 0 Å². The smallest absolute Gasteiger partial charge is 0.238 e. The molecule has 1 N–H and O–H groups in total. The zero-order chi connectivity index (χ0) is 30.9. The lowest BCUT2D eigenvalue weighted by atomic mass is 9.59. The molecule has 7 nitrogen and oxygen atoms in total. The van der Waals surface area contributed by atoms with E-state index in [0.29, 0.717) is 28.0 Å². The summed E-state index contributed by atoms with van der Waals surface area (Å²) in [5.41, 5.74) is 3.16. The summed E-state index contributed by atoms with van der Waals surface area (Å²) < 4.78 is 14.6. The fraction of sp³-hybridized carbons (Fsp3) is 0.194. The van der Waals surface area contributed by atoms with Crippen molar-refractivity contribution in [3.63, 3.8) is 0 Å². The summed E-state index contributed by atoms with van der Waals surface area (Å²) >= 11 is 0. The first-order valence-electron chi connectivity index (χ1n) is 14.4. The molecule has 8 heteroatoms. The third-order valence-electron chi connectivity index (χ3n) is 9.29. The summed E-state index contributed by atoms with van der Waals surface area (Å²) in [6, 6.07) is 19.0. The van der Waals surface area contributed by atoms with E-state index < -0.39 is 41.1 Å². The molecule has 0 radical (unpaired) electrons. The van der Waals surface area contributed by atoms with Crippen LogP contribution in [0.1, 0.15) is 47.2 Å². The Labute approximate surface area is 252 Å². The highest BCUT2D eigenvalue weighted by molar-refractivity contribution is 6.25. The van der Waals surface area contributed by atoms with Gasteiger partial charge in [0.15, 0.2) is 28.9 Å². The summed E-state index contributed by atoms with van der Waals surface area (Å²) in [6.45, 7) is 1.56. The number of fused-ring (bicyclic) bond motifs is 3. The quantitative estimate of drug-likeness (QED) is 0.190. The molecular formula is C36H26FNO6. The minimum atomic E-state index is -0.865. The van der Waals surface area contributed by atoms with Crippen LogP contribution in [0.4, 0.5) is 10.1 Å². The molecule has 7 rings (SSSR count). The first kappa shape index (κ1) is 27.6. The maximum atomic E-state index is 14.6. The Morgan fingerprint density at radius 3 is 2.30 bits per heavy atom. The molecule has 218 valence electrons. The third-order valence-corrected chi connectivity index (χ3v) is 9.29. The van der Waals surface area contributed by atoms with E-state index in [9.17, 15) is 33.5 Å². The number of carbonyl (C=O) groups is 5. The van der Waals surface area contributed by atoms with Crippen molar-refractivity contribution >= 4 is 34.9 Å². The Morgan fingerprint density at radius 2 is 1.59 bits per heavy atom. The van der Waals surface area contributed by atoms with Crippen molar-refractivity contribution in [1.82, 2.24) is 0 Å². The van der Waals surface area contributed by atoms with E-state index in [0.717, 1.165) is 11.0 Å². The monoisotopic (exact) mass is 587 g/mol. The summed E-state index contributed by atoms with van der Waals surface area (Å²) in [7, 11) is 0. The molecule has 1 aliphatic heterocycles. The molecule has 4 atom stereocenters. The van der Waals surface area contributed by atoms with Crippen LogP contribution in [0.2, 0.25) is 0 Å². The largest absolute Gasteiger partial charge is 0.505 e. The van der Waals surface area contributed by atoms with E-state index >= 15 is 0 Å². The topological polar surface area (TPSA) is 109 Å². The molecule has 4 aliphatic rings. The van der Waals surface area contributed by atoms with Crippen molar-refractivity contribution in [3.05, 3.63) is 130 Å². The van der Waals surface area contributed by atoms with E-state index in [4.69, 9.17) is 0 Å². The van der Waals surface area contributed by atoms with E-state index in [-0.39, 0.29) is 52.8 Å². The number of anilines is 1. The molecule has 2 amide bonds. The van der Waals surface area contributed by atoms with Crippen LogP contribution >= 0.6 is 0 Å². The molecule has 3 aromatic rings. The fourth-order valence-corrected chi connectivity index (χ4v) is 7.22. The van der Waals surface area contributed by atoms with Crippen molar-refractivity contribution in [2.45, 2.75) is 25.7 Å². The molecule has 1 heterocycles. The van der Waals surface area contributed by atoms with E-state index in [1.165, 1.54) is 18.2 Å². The molecule has 4 unspecified atom stereocenters. The normalized spacial score (nSPS) is 24.5. The molecule has 1 saturated heterocycles. The molecular weight excluding hydrogens is 561 g/mol. The average Bonchev–Trinajstić information content (AvgIpc) is 3.29. The number of ketones is 3. The molecule has 3 aliphatic carbocycles. The predicted octanol–water partition coefficient (Wildman–Crippen LogP) is 5.40. The molecule has 1 fully saturated rings. The highest BCUT2D eigenvalue weighted by Crippen LogP contribution is 2.55. The molecule has 3 aromatic carbocycles. The van der Waals surface area contributed by atoms with Crippen molar-refractivity contribution in [2.24, 2.45) is 17.8 Å². The van der Waals surface area contributed by atoms with E-state index in [2.05, 4.69) is 0 Å². The summed E-state index contributed by atoms with van der Waals surface area (Å²) in [5.74, 6) is -5.88. The molecule has 44 heavy (non-hydrogen) atoms. The number of halogens is 1. The second-order valence-corrected chi connectivity index (χ2v) is 11.7. The molecule has 0 aromatic heterocycles. The zero-order valence-corrected chi connectivity index (χ0v) is 23.6. The Hall–Kier alpha value is -5.24. The second kappa shape index (κ2) is 10.2. The van der Waals surface area contributed by atoms with Crippen LogP contribution in [-0.4, -0.2) is 34.3 Å². The SMILES string of the molecule is CC1=CC(=O)C2=C(C1=O)C(c1ccc(O)c(F)c1)C1=CCC3C(=O)N(c4ccc(C(=O)c5ccccc5)cc4)C(=O)C3C1C2. The van der Waals surface area contributed by atoms with Gasteiger partial charge in [-0.2, -0.15) is 0 Å². The lowest BCUT2D eigenvalue weighted by molar-refractivity contribution is -0.123. The number of carbonyl (C=O) groups excluding carboxylic acids is 5. The maximum Gasteiger partial charge on any atom is 0.238 e. The molecule has 0 saturated carbocycles. The summed E-state index contributed by atoms with van der Waals surface area (Å²) in [5, 5.41) is 9.83. The number of hydrogen-bond acceptors (Lipinski definition) is 6. The zero-order valence-electron chi connectivity index (χ0n) is 23.6. The fourth-order valence-electron chi connectivity index (χ4n) is 7.22. The number of rotatable bonds is 4. The maximum absolute atomic E-state index is 14.6. The standard InChI is InChI=1S/C36H26FNO6/c1-18-15-29(40)26-17-25-23(30(32(26)33(18)41)21-9-14-28(39)27(37)16-21)12-13-24-31(25)36(44)38(35(24)43)22-10-7-20(8-11-22)34(42)19-5-3-2-4-6-19/h2-12,14-16,24-25,30-31,39H,13,17H2,1H3. The minimum absolute atomic E-state index is 0.102. The number of aromatic hydroxyl groups is 1. The highest BCUT2D eigenvalue weighted by atomic mass is 19.1. The van der Waals surface area contributed by atoms with Crippen LogP contribution < -0.4 is 4.90 Å². The number of phenols is 1. The van der Waals surface area contributed by atoms with Gasteiger partial charge in [0.2, 0.25) is 11.8 Å². The van der Waals surface area contributed by atoms with Gasteiger partial charge >= 0.3 is 0 Å². The number of phenolic OH excluding ortho intramolecular Hbond substituents is 1. The Morgan fingerprint density at radius 1 is 0.886 bits per heavy atom. The average molecular weight is 588 g/mol. The lowest BCUT2D eigenvalue weighted by Crippen LogP contribution is -2.39. The highest BCUT2D eigenvalue weighted by Gasteiger charge is 2.56.